The molecule has 3 aromatic rings. The van der Waals surface area contributed by atoms with Crippen molar-refractivity contribution >= 4 is 17.5 Å². The van der Waals surface area contributed by atoms with E-state index in [0.29, 0.717) is 19.1 Å². The van der Waals surface area contributed by atoms with Gasteiger partial charge in [-0.25, -0.2) is 4.98 Å². The molecule has 0 unspecified atom stereocenters. The highest BCUT2D eigenvalue weighted by Crippen LogP contribution is 2.20. The highest BCUT2D eigenvalue weighted by molar-refractivity contribution is 5.58. The SMILES string of the molecule is CCOc1ccc(Nc2cc(C)nc(NCc3cccnc3)n2)cc1. The molecule has 3 rings (SSSR count). The first-order valence-corrected chi connectivity index (χ1v) is 8.21. The van der Waals surface area contributed by atoms with Gasteiger partial charge in [-0.1, -0.05) is 6.07 Å². The van der Waals surface area contributed by atoms with E-state index < -0.39 is 0 Å². The van der Waals surface area contributed by atoms with Crippen molar-refractivity contribution in [3.63, 3.8) is 0 Å². The van der Waals surface area contributed by atoms with E-state index in [1.807, 2.05) is 62.5 Å². The fourth-order valence-corrected chi connectivity index (χ4v) is 2.34. The van der Waals surface area contributed by atoms with Crippen LogP contribution in [0.15, 0.2) is 54.9 Å². The van der Waals surface area contributed by atoms with Gasteiger partial charge in [0.05, 0.1) is 6.61 Å². The summed E-state index contributed by atoms with van der Waals surface area (Å²) in [6.45, 7) is 5.19. The normalized spacial score (nSPS) is 10.3. The van der Waals surface area contributed by atoms with Gasteiger partial charge in [0.1, 0.15) is 11.6 Å². The smallest absolute Gasteiger partial charge is 0.225 e. The summed E-state index contributed by atoms with van der Waals surface area (Å²) < 4.78 is 5.45. The van der Waals surface area contributed by atoms with Crippen molar-refractivity contribution in [1.82, 2.24) is 15.0 Å². The topological polar surface area (TPSA) is 72.0 Å². The molecule has 0 aliphatic heterocycles. The number of aromatic nitrogens is 3. The van der Waals surface area contributed by atoms with Crippen LogP contribution < -0.4 is 15.4 Å². The third kappa shape index (κ3) is 4.91. The van der Waals surface area contributed by atoms with E-state index >= 15 is 0 Å². The number of pyridine rings is 1. The van der Waals surface area contributed by atoms with E-state index in [9.17, 15) is 0 Å². The number of ether oxygens (including phenoxy) is 1. The predicted molar refractivity (Wildman–Crippen MR) is 99.2 cm³/mol. The van der Waals surface area contributed by atoms with Gasteiger partial charge in [-0.3, -0.25) is 4.98 Å². The number of hydrogen-bond acceptors (Lipinski definition) is 6. The Kier molecular flexibility index (Phi) is 5.41. The van der Waals surface area contributed by atoms with Crippen molar-refractivity contribution in [3.8, 4) is 5.75 Å². The maximum absolute atomic E-state index is 5.45. The van der Waals surface area contributed by atoms with Gasteiger partial charge < -0.3 is 15.4 Å². The van der Waals surface area contributed by atoms with Crippen molar-refractivity contribution in [2.45, 2.75) is 20.4 Å². The second-order valence-electron chi connectivity index (χ2n) is 5.52. The first-order chi connectivity index (χ1) is 12.2. The number of nitrogens with zero attached hydrogens (tertiary/aromatic N) is 3. The lowest BCUT2D eigenvalue weighted by Crippen LogP contribution is -2.06. The fourth-order valence-electron chi connectivity index (χ4n) is 2.34. The number of anilines is 3. The Morgan fingerprint density at radius 3 is 2.64 bits per heavy atom. The minimum absolute atomic E-state index is 0.581. The summed E-state index contributed by atoms with van der Waals surface area (Å²) in [5.74, 6) is 2.17. The Labute approximate surface area is 147 Å². The van der Waals surface area contributed by atoms with Crippen LogP contribution in [0.3, 0.4) is 0 Å². The molecule has 0 saturated carbocycles. The zero-order valence-electron chi connectivity index (χ0n) is 14.4. The molecule has 0 aliphatic rings. The van der Waals surface area contributed by atoms with Gasteiger partial charge in [0.25, 0.3) is 0 Å². The van der Waals surface area contributed by atoms with E-state index in [4.69, 9.17) is 4.74 Å². The molecule has 0 radical (unpaired) electrons. The summed E-state index contributed by atoms with van der Waals surface area (Å²) >= 11 is 0. The quantitative estimate of drug-likeness (QED) is 0.681. The van der Waals surface area contributed by atoms with Crippen LogP contribution in [-0.4, -0.2) is 21.6 Å². The molecule has 0 saturated heterocycles. The van der Waals surface area contributed by atoms with Crippen LogP contribution in [0, 0.1) is 6.92 Å². The number of nitrogens with one attached hydrogen (secondary N) is 2. The molecule has 0 atom stereocenters. The van der Waals surface area contributed by atoms with Crippen LogP contribution in [-0.2, 0) is 6.54 Å². The van der Waals surface area contributed by atoms with E-state index in [2.05, 4.69) is 25.6 Å². The Morgan fingerprint density at radius 1 is 1.08 bits per heavy atom. The Hall–Kier alpha value is -3.15. The second-order valence-corrected chi connectivity index (χ2v) is 5.52. The third-order valence-corrected chi connectivity index (χ3v) is 3.47. The summed E-state index contributed by atoms with van der Waals surface area (Å²) in [5, 5.41) is 6.53. The predicted octanol–water partition coefficient (Wildman–Crippen LogP) is 3.93. The molecule has 6 nitrogen and oxygen atoms in total. The van der Waals surface area contributed by atoms with E-state index in [1.54, 1.807) is 6.20 Å². The molecule has 6 heteroatoms. The monoisotopic (exact) mass is 335 g/mol. The lowest BCUT2D eigenvalue weighted by molar-refractivity contribution is 0.340. The van der Waals surface area contributed by atoms with Crippen molar-refractivity contribution in [2.75, 3.05) is 17.2 Å². The van der Waals surface area contributed by atoms with Crippen molar-refractivity contribution in [2.24, 2.45) is 0 Å². The maximum Gasteiger partial charge on any atom is 0.225 e. The molecular weight excluding hydrogens is 314 g/mol. The fraction of sp³-hybridized carbons (Fsp3) is 0.211. The summed E-state index contributed by atoms with van der Waals surface area (Å²) in [7, 11) is 0. The second kappa shape index (κ2) is 8.10. The van der Waals surface area contributed by atoms with Crippen LogP contribution in [0.5, 0.6) is 5.75 Å². The van der Waals surface area contributed by atoms with Crippen LogP contribution in [0.25, 0.3) is 0 Å². The zero-order valence-corrected chi connectivity index (χ0v) is 14.4. The van der Waals surface area contributed by atoms with Gasteiger partial charge in [0.15, 0.2) is 0 Å². The molecule has 2 aromatic heterocycles. The molecule has 0 amide bonds. The highest BCUT2D eigenvalue weighted by atomic mass is 16.5. The van der Waals surface area contributed by atoms with Crippen LogP contribution in [0.2, 0.25) is 0 Å². The van der Waals surface area contributed by atoms with Gasteiger partial charge in [0.2, 0.25) is 5.95 Å². The average molecular weight is 335 g/mol. The summed E-state index contributed by atoms with van der Waals surface area (Å²) in [5.41, 5.74) is 2.91. The Morgan fingerprint density at radius 2 is 1.92 bits per heavy atom. The average Bonchev–Trinajstić information content (AvgIpc) is 2.62. The molecule has 2 N–H and O–H groups in total. The van der Waals surface area contributed by atoms with Gasteiger partial charge in [-0.15, -0.1) is 0 Å². The van der Waals surface area contributed by atoms with Crippen molar-refractivity contribution < 1.29 is 4.74 Å². The number of aryl methyl sites for hydroxylation is 1. The third-order valence-electron chi connectivity index (χ3n) is 3.47. The lowest BCUT2D eigenvalue weighted by Gasteiger charge is -2.10. The van der Waals surface area contributed by atoms with Crippen LogP contribution in [0.4, 0.5) is 17.5 Å². The van der Waals surface area contributed by atoms with Gasteiger partial charge in [-0.05, 0) is 49.7 Å². The number of rotatable bonds is 7. The van der Waals surface area contributed by atoms with Gasteiger partial charge in [-0.2, -0.15) is 4.98 Å². The molecule has 0 aliphatic carbocycles. The molecule has 0 bridgehead atoms. The van der Waals surface area contributed by atoms with Gasteiger partial charge in [0, 0.05) is 36.4 Å². The Balaban J connectivity index is 1.68. The standard InChI is InChI=1S/C19H21N5O/c1-3-25-17-8-6-16(7-9-17)23-18-11-14(2)22-19(24-18)21-13-15-5-4-10-20-12-15/h4-12H,3,13H2,1-2H3,(H2,21,22,23,24). The Bertz CT molecular complexity index is 806. The summed E-state index contributed by atoms with van der Waals surface area (Å²) in [6, 6.07) is 13.6. The first kappa shape index (κ1) is 16.7. The maximum atomic E-state index is 5.45. The molecule has 1 aromatic carbocycles. The minimum Gasteiger partial charge on any atom is -0.494 e. The minimum atomic E-state index is 0.581. The number of hydrogen-bond donors (Lipinski definition) is 2. The lowest BCUT2D eigenvalue weighted by atomic mass is 10.3. The largest absolute Gasteiger partial charge is 0.494 e. The summed E-state index contributed by atoms with van der Waals surface area (Å²) in [6.07, 6.45) is 3.58. The van der Waals surface area contributed by atoms with E-state index in [-0.39, 0.29) is 0 Å². The number of benzene rings is 1. The zero-order chi connectivity index (χ0) is 17.5. The highest BCUT2D eigenvalue weighted by Gasteiger charge is 2.04. The van der Waals surface area contributed by atoms with E-state index in [0.717, 1.165) is 28.5 Å². The van der Waals surface area contributed by atoms with Crippen LogP contribution in [0.1, 0.15) is 18.2 Å². The van der Waals surface area contributed by atoms with Crippen molar-refractivity contribution in [1.29, 1.82) is 0 Å². The molecule has 128 valence electrons. The van der Waals surface area contributed by atoms with E-state index in [1.165, 1.54) is 0 Å². The van der Waals surface area contributed by atoms with Gasteiger partial charge >= 0.3 is 0 Å². The molecule has 0 fully saturated rings. The van der Waals surface area contributed by atoms with Crippen LogP contribution >= 0.6 is 0 Å². The van der Waals surface area contributed by atoms with Crippen molar-refractivity contribution in [3.05, 3.63) is 66.1 Å². The molecular formula is C19H21N5O. The molecule has 0 spiro atoms. The molecule has 2 heterocycles. The molecule has 25 heavy (non-hydrogen) atoms. The first-order valence-electron chi connectivity index (χ1n) is 8.21. The summed E-state index contributed by atoms with van der Waals surface area (Å²) in [4.78, 5) is 13.0.